The molecule has 0 radical (unpaired) electrons. The van der Waals surface area contributed by atoms with Gasteiger partial charge in [0.2, 0.25) is 0 Å². The molecular weight excluding hydrogens is 512 g/mol. The molecule has 0 aromatic heterocycles. The molecule has 12 aliphatic rings. The molecule has 0 aromatic rings. The summed E-state index contributed by atoms with van der Waals surface area (Å²) < 4.78 is 0.263. The van der Waals surface area contributed by atoms with E-state index >= 15 is 0 Å². The van der Waals surface area contributed by atoms with Crippen molar-refractivity contribution in [1.29, 1.82) is 0 Å². The zero-order chi connectivity index (χ0) is 25.6. The second kappa shape index (κ2) is 6.59. The van der Waals surface area contributed by atoms with Crippen molar-refractivity contribution >= 4 is 15.9 Å². The first kappa shape index (κ1) is 24.1. The first-order valence-corrected chi connectivity index (χ1v) is 17.8. The van der Waals surface area contributed by atoms with Crippen LogP contribution in [0.4, 0.5) is 0 Å². The normalized spacial score (nSPS) is 69.6. The third-order valence-corrected chi connectivity index (χ3v) is 20.0. The standard InChI is InChI=1S/C36H55Br/c1-21-28-18-32(5)30(2,3)31(21,4)20-36(19-28,33(32,6)37)35-16-25-10-26(17-35)12-27(11-25)29(35)34-13-22-7-23(14-34)9-24(8-22)15-34/h21-29H,7-20H2,1-6H3. The van der Waals surface area contributed by atoms with Gasteiger partial charge in [0.25, 0.3) is 0 Å². The van der Waals surface area contributed by atoms with Gasteiger partial charge in [0.1, 0.15) is 0 Å². The highest BCUT2D eigenvalue weighted by atomic mass is 79.9. The Kier molecular flexibility index (Phi) is 4.29. The molecular formula is C36H55Br. The lowest BCUT2D eigenvalue weighted by Gasteiger charge is -2.86. The maximum absolute atomic E-state index is 4.84. The Morgan fingerprint density at radius 3 is 1.65 bits per heavy atom. The van der Waals surface area contributed by atoms with E-state index in [1.807, 2.05) is 0 Å². The SMILES string of the molecule is CC1C2CC3(C)C(C)(C)C1(C)CC(C14CC5CC(CC(C5)C1C15CC6CC(CC(C6)C1)C5)C4)(C2)C3(C)Br. The average Bonchev–Trinajstić information content (AvgIpc) is 2.78. The Hall–Kier alpha value is 0.480. The van der Waals surface area contributed by atoms with Crippen LogP contribution in [-0.4, -0.2) is 4.32 Å². The Morgan fingerprint density at radius 1 is 0.595 bits per heavy atom. The van der Waals surface area contributed by atoms with Crippen LogP contribution in [0, 0.1) is 85.8 Å². The van der Waals surface area contributed by atoms with E-state index in [0.717, 1.165) is 58.7 Å². The van der Waals surface area contributed by atoms with Crippen LogP contribution in [0.25, 0.3) is 0 Å². The molecule has 9 atom stereocenters. The molecule has 0 amide bonds. The van der Waals surface area contributed by atoms with Crippen LogP contribution in [0.5, 0.6) is 0 Å². The fraction of sp³-hybridized carbons (Fsp3) is 1.00. The van der Waals surface area contributed by atoms with Gasteiger partial charge in [-0.2, -0.15) is 0 Å². The van der Waals surface area contributed by atoms with E-state index < -0.39 is 0 Å². The molecule has 0 aromatic carbocycles. The first-order chi connectivity index (χ1) is 17.3. The number of halogens is 1. The van der Waals surface area contributed by atoms with Crippen molar-refractivity contribution in [2.75, 3.05) is 0 Å². The lowest BCUT2D eigenvalue weighted by Crippen LogP contribution is -2.82. The summed E-state index contributed by atoms with van der Waals surface area (Å²) in [5.41, 5.74) is 3.09. The van der Waals surface area contributed by atoms with Crippen molar-refractivity contribution in [1.82, 2.24) is 0 Å². The molecule has 0 nitrogen and oxygen atoms in total. The molecule has 12 saturated carbocycles. The van der Waals surface area contributed by atoms with Crippen molar-refractivity contribution in [3.63, 3.8) is 0 Å². The number of rotatable bonds is 2. The van der Waals surface area contributed by atoms with Gasteiger partial charge < -0.3 is 0 Å². The fourth-order valence-corrected chi connectivity index (χ4v) is 18.7. The van der Waals surface area contributed by atoms with E-state index in [-0.39, 0.29) is 4.32 Å². The highest BCUT2D eigenvalue weighted by Gasteiger charge is 2.84. The van der Waals surface area contributed by atoms with Gasteiger partial charge >= 0.3 is 0 Å². The molecule has 0 N–H and O–H groups in total. The summed E-state index contributed by atoms with van der Waals surface area (Å²) in [6.45, 7) is 16.5. The van der Waals surface area contributed by atoms with E-state index in [1.54, 1.807) is 77.0 Å². The Bertz CT molecular complexity index is 1000. The lowest BCUT2D eigenvalue weighted by molar-refractivity contribution is -0.348. The number of hydrogen-bond acceptors (Lipinski definition) is 0. The van der Waals surface area contributed by atoms with E-state index in [9.17, 15) is 0 Å². The first-order valence-electron chi connectivity index (χ1n) is 17.0. The molecule has 37 heavy (non-hydrogen) atoms. The highest BCUT2D eigenvalue weighted by Crippen LogP contribution is 2.90. The van der Waals surface area contributed by atoms with Gasteiger partial charge in [-0.15, -0.1) is 0 Å². The summed E-state index contributed by atoms with van der Waals surface area (Å²) in [5, 5.41) is 0. The molecule has 0 spiro atoms. The van der Waals surface area contributed by atoms with Gasteiger partial charge in [-0.3, -0.25) is 0 Å². The van der Waals surface area contributed by atoms with Gasteiger partial charge in [-0.1, -0.05) is 50.5 Å². The third kappa shape index (κ3) is 2.33. The van der Waals surface area contributed by atoms with Crippen molar-refractivity contribution in [3.8, 4) is 0 Å². The van der Waals surface area contributed by atoms with Crippen molar-refractivity contribution < 1.29 is 0 Å². The van der Waals surface area contributed by atoms with Crippen LogP contribution in [0.2, 0.25) is 0 Å². The van der Waals surface area contributed by atoms with Crippen LogP contribution in [0.3, 0.4) is 0 Å². The molecule has 206 valence electrons. The zero-order valence-electron chi connectivity index (χ0n) is 25.0. The molecule has 12 aliphatic carbocycles. The molecule has 12 fully saturated rings. The van der Waals surface area contributed by atoms with Crippen LogP contribution < -0.4 is 0 Å². The van der Waals surface area contributed by atoms with E-state index in [2.05, 4.69) is 41.5 Å². The van der Waals surface area contributed by atoms with Crippen LogP contribution in [0.15, 0.2) is 0 Å². The summed E-state index contributed by atoms with van der Waals surface area (Å²) in [6.07, 6.45) is 22.4. The lowest BCUT2D eigenvalue weighted by atomic mass is 9.20. The molecule has 0 heterocycles. The van der Waals surface area contributed by atoms with Crippen LogP contribution >= 0.6 is 15.9 Å². The highest BCUT2D eigenvalue weighted by molar-refractivity contribution is 9.10. The average molecular weight is 568 g/mol. The second-order valence-electron chi connectivity index (χ2n) is 19.1. The minimum absolute atomic E-state index is 0.263. The Labute approximate surface area is 236 Å². The van der Waals surface area contributed by atoms with E-state index in [0.29, 0.717) is 27.1 Å². The summed E-state index contributed by atoms with van der Waals surface area (Å²) >= 11 is 4.84. The summed E-state index contributed by atoms with van der Waals surface area (Å²) in [4.78, 5) is 0. The van der Waals surface area contributed by atoms with Crippen molar-refractivity contribution in [2.45, 2.75) is 136 Å². The van der Waals surface area contributed by atoms with Crippen molar-refractivity contribution in [2.24, 2.45) is 85.8 Å². The summed E-state index contributed by atoms with van der Waals surface area (Å²) in [6, 6.07) is 0. The predicted octanol–water partition coefficient (Wildman–Crippen LogP) is 10.3. The molecule has 1 heteroatoms. The number of hydrogen-bond donors (Lipinski definition) is 0. The third-order valence-electron chi connectivity index (χ3n) is 18.4. The van der Waals surface area contributed by atoms with Crippen molar-refractivity contribution in [3.05, 3.63) is 0 Å². The molecule has 12 bridgehead atoms. The number of alkyl halides is 1. The van der Waals surface area contributed by atoms with Crippen LogP contribution in [-0.2, 0) is 0 Å². The van der Waals surface area contributed by atoms with Gasteiger partial charge in [0.05, 0.1) is 0 Å². The molecule has 9 unspecified atom stereocenters. The van der Waals surface area contributed by atoms with Gasteiger partial charge in [0.15, 0.2) is 0 Å². The Balaban J connectivity index is 1.28. The van der Waals surface area contributed by atoms with Gasteiger partial charge in [0, 0.05) is 4.32 Å². The van der Waals surface area contributed by atoms with E-state index in [4.69, 9.17) is 15.9 Å². The molecule has 0 aliphatic heterocycles. The minimum Gasteiger partial charge on any atom is -0.0844 e. The van der Waals surface area contributed by atoms with Gasteiger partial charge in [-0.05, 0) is 183 Å². The summed E-state index contributed by atoms with van der Waals surface area (Å²) in [7, 11) is 0. The van der Waals surface area contributed by atoms with Crippen LogP contribution in [0.1, 0.15) is 131 Å². The zero-order valence-corrected chi connectivity index (χ0v) is 26.6. The minimum atomic E-state index is 0.263. The topological polar surface area (TPSA) is 0 Å². The second-order valence-corrected chi connectivity index (χ2v) is 20.7. The Morgan fingerprint density at radius 2 is 1.11 bits per heavy atom. The smallest absolute Gasteiger partial charge is 0.0350 e. The van der Waals surface area contributed by atoms with E-state index in [1.165, 1.54) is 12.8 Å². The molecule has 12 rings (SSSR count). The monoisotopic (exact) mass is 566 g/mol. The fourth-order valence-electron chi connectivity index (χ4n) is 17.3. The van der Waals surface area contributed by atoms with Gasteiger partial charge in [-0.25, -0.2) is 0 Å². The largest absolute Gasteiger partial charge is 0.0844 e. The molecule has 0 saturated heterocycles. The summed E-state index contributed by atoms with van der Waals surface area (Å²) in [5.74, 6) is 9.38. The quantitative estimate of drug-likeness (QED) is 0.291. The maximum Gasteiger partial charge on any atom is 0.0350 e. The maximum atomic E-state index is 4.84. The predicted molar refractivity (Wildman–Crippen MR) is 156 cm³/mol.